The van der Waals surface area contributed by atoms with Gasteiger partial charge in [-0.1, -0.05) is 12.1 Å². The number of likely N-dealkylation sites (tertiary alicyclic amines) is 2. The maximum Gasteiger partial charge on any atom is 0.258 e. The van der Waals surface area contributed by atoms with Crippen molar-refractivity contribution in [1.29, 1.82) is 0 Å². The summed E-state index contributed by atoms with van der Waals surface area (Å²) >= 11 is 0. The topological polar surface area (TPSA) is 57.6 Å². The number of benzene rings is 1. The number of anilines is 1. The van der Waals surface area contributed by atoms with Crippen molar-refractivity contribution in [3.05, 3.63) is 52.4 Å². The lowest BCUT2D eigenvalue weighted by Gasteiger charge is -2.47. The van der Waals surface area contributed by atoms with E-state index in [-0.39, 0.29) is 11.5 Å². The van der Waals surface area contributed by atoms with Gasteiger partial charge in [-0.25, -0.2) is 0 Å². The Labute approximate surface area is 183 Å². The molecule has 6 heteroatoms. The fraction of sp³-hybridized carbons (Fsp3) is 0.520. The van der Waals surface area contributed by atoms with Crippen LogP contribution in [0.25, 0.3) is 11.1 Å². The van der Waals surface area contributed by atoms with Gasteiger partial charge in [0.15, 0.2) is 0 Å². The first-order valence-corrected chi connectivity index (χ1v) is 11.5. The number of pyridine rings is 1. The summed E-state index contributed by atoms with van der Waals surface area (Å²) in [5.74, 6) is 0.916. The van der Waals surface area contributed by atoms with Crippen molar-refractivity contribution in [3.8, 4) is 11.1 Å². The third-order valence-electron chi connectivity index (χ3n) is 7.35. The van der Waals surface area contributed by atoms with Crippen LogP contribution >= 0.6 is 0 Å². The van der Waals surface area contributed by atoms with Gasteiger partial charge < -0.3 is 14.8 Å². The Bertz CT molecular complexity index is 1020. The molecule has 0 unspecified atom stereocenters. The van der Waals surface area contributed by atoms with E-state index in [0.29, 0.717) is 17.9 Å². The second-order valence-corrected chi connectivity index (χ2v) is 9.63. The molecule has 6 nitrogen and oxygen atoms in total. The van der Waals surface area contributed by atoms with E-state index in [4.69, 9.17) is 0 Å². The molecule has 2 aromatic rings. The highest BCUT2D eigenvalue weighted by atomic mass is 16.1. The molecule has 2 fully saturated rings. The Morgan fingerprint density at radius 2 is 1.74 bits per heavy atom. The molecule has 31 heavy (non-hydrogen) atoms. The fourth-order valence-corrected chi connectivity index (χ4v) is 5.80. The molecule has 3 aliphatic rings. The molecule has 2 atom stereocenters. The summed E-state index contributed by atoms with van der Waals surface area (Å²) in [4.78, 5) is 29.8. The molecular weight excluding hydrogens is 388 g/mol. The normalized spacial score (nSPS) is 24.6. The fourth-order valence-electron chi connectivity index (χ4n) is 5.80. The number of amides is 1. The van der Waals surface area contributed by atoms with Gasteiger partial charge >= 0.3 is 0 Å². The second-order valence-electron chi connectivity index (χ2n) is 9.63. The van der Waals surface area contributed by atoms with Gasteiger partial charge in [0.05, 0.1) is 0 Å². The molecule has 0 spiro atoms. The van der Waals surface area contributed by atoms with Crippen LogP contribution in [0.5, 0.6) is 0 Å². The first-order valence-electron chi connectivity index (χ1n) is 11.5. The molecule has 1 amide bonds. The highest BCUT2D eigenvalue weighted by molar-refractivity contribution is 5.88. The molecule has 1 aromatic carbocycles. The van der Waals surface area contributed by atoms with Crippen LogP contribution in [0.1, 0.15) is 37.8 Å². The van der Waals surface area contributed by atoms with Gasteiger partial charge in [0.1, 0.15) is 0 Å². The number of fused-ring (bicyclic) bond motifs is 4. The molecule has 1 N–H and O–H groups in total. The lowest BCUT2D eigenvalue weighted by Crippen LogP contribution is -2.53. The maximum absolute atomic E-state index is 13.4. The molecule has 0 radical (unpaired) electrons. The third kappa shape index (κ3) is 4.06. The van der Waals surface area contributed by atoms with Crippen LogP contribution in [0.15, 0.2) is 41.2 Å². The lowest BCUT2D eigenvalue weighted by atomic mass is 9.81. The number of carbonyl (C=O) groups is 1. The number of nitrogens with zero attached hydrogens (tertiary/aromatic N) is 3. The van der Waals surface area contributed by atoms with Gasteiger partial charge in [0, 0.05) is 55.5 Å². The summed E-state index contributed by atoms with van der Waals surface area (Å²) in [6.45, 7) is 6.90. The van der Waals surface area contributed by atoms with Gasteiger partial charge in [-0.2, -0.15) is 0 Å². The van der Waals surface area contributed by atoms with Gasteiger partial charge in [0.25, 0.3) is 5.56 Å². The van der Waals surface area contributed by atoms with Crippen LogP contribution in [0.4, 0.5) is 5.69 Å². The van der Waals surface area contributed by atoms with Crippen molar-refractivity contribution in [2.24, 2.45) is 5.92 Å². The van der Waals surface area contributed by atoms with E-state index in [1.54, 1.807) is 0 Å². The molecule has 0 aliphatic carbocycles. The summed E-state index contributed by atoms with van der Waals surface area (Å²) in [6.07, 6.45) is 3.72. The molecule has 3 aliphatic heterocycles. The summed E-state index contributed by atoms with van der Waals surface area (Å²) in [5, 5.41) is 2.78. The molecule has 2 saturated heterocycles. The number of carbonyl (C=O) groups excluding carboxylic acids is 1. The van der Waals surface area contributed by atoms with E-state index in [9.17, 15) is 9.59 Å². The lowest BCUT2D eigenvalue weighted by molar-refractivity contribution is -0.114. The molecule has 0 saturated carbocycles. The molecular formula is C25H32N4O2. The van der Waals surface area contributed by atoms with Crippen LogP contribution in [0.2, 0.25) is 0 Å². The van der Waals surface area contributed by atoms with E-state index >= 15 is 0 Å². The van der Waals surface area contributed by atoms with Gasteiger partial charge in [0.2, 0.25) is 5.91 Å². The van der Waals surface area contributed by atoms with E-state index in [2.05, 4.69) is 28.2 Å². The Morgan fingerprint density at radius 3 is 2.45 bits per heavy atom. The zero-order chi connectivity index (χ0) is 21.5. The van der Waals surface area contributed by atoms with Crippen molar-refractivity contribution < 1.29 is 4.79 Å². The number of hydrogen-bond donors (Lipinski definition) is 1. The van der Waals surface area contributed by atoms with E-state index in [1.807, 2.05) is 34.9 Å². The molecule has 164 valence electrons. The number of nitrogens with one attached hydrogen (secondary N) is 1. The minimum atomic E-state index is -0.0950. The number of hydrogen-bond acceptors (Lipinski definition) is 4. The molecule has 1 aromatic heterocycles. The van der Waals surface area contributed by atoms with Crippen molar-refractivity contribution in [3.63, 3.8) is 0 Å². The molecule has 4 heterocycles. The summed E-state index contributed by atoms with van der Waals surface area (Å²) in [5.41, 5.74) is 3.71. The highest BCUT2D eigenvalue weighted by Gasteiger charge is 2.37. The standard InChI is InChI=1S/C25H32N4O2/c1-17(30)26-21-5-3-19(4-6-21)23-7-8-24-20-13-18(15-29(24)25(23)31)14-28(16-20)22-9-11-27(2)12-10-22/h3-8,18,20,22H,9-16H2,1-2H3,(H,26,30)/t18-,20+/m0/s1. The zero-order valence-electron chi connectivity index (χ0n) is 18.5. The average molecular weight is 421 g/mol. The monoisotopic (exact) mass is 420 g/mol. The summed E-state index contributed by atoms with van der Waals surface area (Å²) in [6, 6.07) is 12.4. The van der Waals surface area contributed by atoms with E-state index in [1.165, 1.54) is 45.0 Å². The number of rotatable bonds is 3. The second kappa shape index (κ2) is 8.24. The Balaban J connectivity index is 1.38. The van der Waals surface area contributed by atoms with Crippen LogP contribution < -0.4 is 10.9 Å². The van der Waals surface area contributed by atoms with Crippen molar-refractivity contribution in [2.75, 3.05) is 38.5 Å². The SMILES string of the molecule is CC(=O)Nc1ccc(-c2ccc3n(c2=O)C[C@H]2C[C@@H]3CN(C3CCN(C)CC3)C2)cc1. The van der Waals surface area contributed by atoms with Crippen LogP contribution in [0.3, 0.4) is 0 Å². The first kappa shape index (κ1) is 20.5. The van der Waals surface area contributed by atoms with Crippen LogP contribution in [-0.2, 0) is 11.3 Å². The van der Waals surface area contributed by atoms with Crippen LogP contribution in [0, 0.1) is 5.92 Å². The maximum atomic E-state index is 13.4. The van der Waals surface area contributed by atoms with Crippen LogP contribution in [-0.4, -0.2) is 59.5 Å². The summed E-state index contributed by atoms with van der Waals surface area (Å²) < 4.78 is 2.04. The Hall–Kier alpha value is -2.44. The number of piperidine rings is 2. The van der Waals surface area contributed by atoms with E-state index < -0.39 is 0 Å². The molecule has 2 bridgehead atoms. The Morgan fingerprint density at radius 1 is 1.00 bits per heavy atom. The highest BCUT2D eigenvalue weighted by Crippen LogP contribution is 2.37. The predicted octanol–water partition coefficient (Wildman–Crippen LogP) is 2.99. The summed E-state index contributed by atoms with van der Waals surface area (Å²) in [7, 11) is 2.22. The minimum absolute atomic E-state index is 0.0950. The average Bonchev–Trinajstić information content (AvgIpc) is 2.75. The smallest absolute Gasteiger partial charge is 0.258 e. The quantitative estimate of drug-likeness (QED) is 0.829. The Kier molecular flexibility index (Phi) is 5.44. The van der Waals surface area contributed by atoms with Gasteiger partial charge in [-0.05, 0) is 75.1 Å². The van der Waals surface area contributed by atoms with Crippen molar-refractivity contribution in [1.82, 2.24) is 14.4 Å². The van der Waals surface area contributed by atoms with Crippen molar-refractivity contribution >= 4 is 11.6 Å². The number of aromatic nitrogens is 1. The third-order valence-corrected chi connectivity index (χ3v) is 7.35. The van der Waals surface area contributed by atoms with Crippen molar-refractivity contribution in [2.45, 2.75) is 44.7 Å². The first-order chi connectivity index (χ1) is 15.0. The minimum Gasteiger partial charge on any atom is -0.326 e. The molecule has 5 rings (SSSR count). The van der Waals surface area contributed by atoms with E-state index in [0.717, 1.165) is 36.4 Å². The zero-order valence-corrected chi connectivity index (χ0v) is 18.5. The van der Waals surface area contributed by atoms with Gasteiger partial charge in [-0.15, -0.1) is 0 Å². The predicted molar refractivity (Wildman–Crippen MR) is 123 cm³/mol. The largest absolute Gasteiger partial charge is 0.326 e. The van der Waals surface area contributed by atoms with Gasteiger partial charge in [-0.3, -0.25) is 14.5 Å².